The van der Waals surface area contributed by atoms with Gasteiger partial charge in [-0.05, 0) is 37.3 Å². The maximum atomic E-state index is 12.8. The first-order valence-electron chi connectivity index (χ1n) is 10.4. The van der Waals surface area contributed by atoms with E-state index in [2.05, 4.69) is 16.3 Å². The van der Waals surface area contributed by atoms with Crippen molar-refractivity contribution in [1.82, 2.24) is 10.3 Å². The van der Waals surface area contributed by atoms with Crippen molar-refractivity contribution in [2.24, 2.45) is 4.99 Å². The second-order valence-electron chi connectivity index (χ2n) is 7.65. The van der Waals surface area contributed by atoms with Gasteiger partial charge >= 0.3 is 5.88 Å². The van der Waals surface area contributed by atoms with Gasteiger partial charge in [-0.25, -0.2) is 9.98 Å². The Hall–Kier alpha value is -2.72. The van der Waals surface area contributed by atoms with Crippen LogP contribution < -0.4 is 20.6 Å². The summed E-state index contributed by atoms with van der Waals surface area (Å²) in [5, 5.41) is 19.6. The molecule has 10 heteroatoms. The van der Waals surface area contributed by atoms with Gasteiger partial charge in [-0.15, -0.1) is 16.3 Å². The van der Waals surface area contributed by atoms with E-state index in [4.69, 9.17) is 20.0 Å². The molecule has 0 atom stereocenters. The van der Waals surface area contributed by atoms with Crippen molar-refractivity contribution >= 4 is 39.0 Å². The van der Waals surface area contributed by atoms with E-state index in [1.54, 1.807) is 11.0 Å². The van der Waals surface area contributed by atoms with Gasteiger partial charge in [-0.2, -0.15) is 0 Å². The fourth-order valence-electron chi connectivity index (χ4n) is 3.99. The monoisotopic (exact) mass is 428 g/mol. The van der Waals surface area contributed by atoms with Gasteiger partial charge in [-0.3, -0.25) is 4.52 Å². The van der Waals surface area contributed by atoms with Gasteiger partial charge < -0.3 is 15.6 Å². The van der Waals surface area contributed by atoms with E-state index in [-0.39, 0.29) is 5.88 Å². The van der Waals surface area contributed by atoms with Crippen LogP contribution in [0, 0.1) is 0 Å². The average Bonchev–Trinajstić information content (AvgIpc) is 3.33. The Kier molecular flexibility index (Phi) is 5.26. The Morgan fingerprint density at radius 2 is 2.00 bits per heavy atom. The van der Waals surface area contributed by atoms with Crippen LogP contribution in [-0.4, -0.2) is 42.5 Å². The molecule has 1 aliphatic heterocycles. The first-order chi connectivity index (χ1) is 14.7. The lowest BCUT2D eigenvalue weighted by Gasteiger charge is -2.18. The zero-order chi connectivity index (χ0) is 20.5. The Bertz CT molecular complexity index is 1090. The van der Waals surface area contributed by atoms with E-state index in [0.717, 1.165) is 35.2 Å². The third kappa shape index (κ3) is 3.72. The summed E-state index contributed by atoms with van der Waals surface area (Å²) in [4.78, 5) is 11.7. The summed E-state index contributed by atoms with van der Waals surface area (Å²) in [6.45, 7) is 2.65. The summed E-state index contributed by atoms with van der Waals surface area (Å²) in [7, 11) is 0. The van der Waals surface area contributed by atoms with Crippen LogP contribution in [-0.2, 0) is 17.6 Å². The van der Waals surface area contributed by atoms with Crippen molar-refractivity contribution in [2.45, 2.75) is 38.5 Å². The molecular weight excluding hydrogens is 404 g/mol. The van der Waals surface area contributed by atoms with Gasteiger partial charge in [0, 0.05) is 17.0 Å². The summed E-state index contributed by atoms with van der Waals surface area (Å²) in [5.74, 6) is -0.295. The van der Waals surface area contributed by atoms with Gasteiger partial charge in [0.15, 0.2) is 0 Å². The highest BCUT2D eigenvalue weighted by Gasteiger charge is 2.23. The summed E-state index contributed by atoms with van der Waals surface area (Å²) in [5.41, 5.74) is 9.17. The molecule has 0 radical (unpaired) electrons. The number of pyridine rings is 1. The second kappa shape index (κ2) is 8.19. The van der Waals surface area contributed by atoms with E-state index in [1.165, 1.54) is 36.2 Å². The average molecular weight is 429 g/mol. The molecule has 0 saturated carbocycles. The maximum Gasteiger partial charge on any atom is 0.324 e. The predicted octanol–water partition coefficient (Wildman–Crippen LogP) is 1.22. The van der Waals surface area contributed by atoms with Crippen molar-refractivity contribution < 1.29 is 19.2 Å². The third-order valence-corrected chi connectivity index (χ3v) is 6.73. The van der Waals surface area contributed by atoms with Crippen molar-refractivity contribution in [3.8, 4) is 0 Å². The smallest absolute Gasteiger partial charge is 0.324 e. The molecule has 5 rings (SSSR count). The number of aryl methyl sites for hydroxylation is 2. The molecule has 0 amide bonds. The molecule has 1 saturated heterocycles. The Morgan fingerprint density at radius 1 is 1.20 bits per heavy atom. The zero-order valence-electron chi connectivity index (χ0n) is 16.7. The van der Waals surface area contributed by atoms with Gasteiger partial charge in [-0.1, -0.05) is 12.8 Å². The van der Waals surface area contributed by atoms with Crippen LogP contribution in [0.5, 0.6) is 0 Å². The number of morpholine rings is 1. The number of nitrogens with zero attached hydrogens (tertiary/aromatic N) is 5. The highest BCUT2D eigenvalue weighted by molar-refractivity contribution is 7.21. The van der Waals surface area contributed by atoms with Gasteiger partial charge in [0.05, 0.1) is 41.7 Å². The van der Waals surface area contributed by atoms with Crippen LogP contribution in [0.15, 0.2) is 21.8 Å². The number of nitrogen functional groups attached to an aromatic ring is 1. The quantitative estimate of drug-likeness (QED) is 0.379. The molecule has 9 nitrogen and oxygen atoms in total. The van der Waals surface area contributed by atoms with E-state index in [1.807, 2.05) is 5.01 Å². The van der Waals surface area contributed by atoms with Crippen LogP contribution >= 0.6 is 11.3 Å². The lowest BCUT2D eigenvalue weighted by Crippen LogP contribution is -2.62. The summed E-state index contributed by atoms with van der Waals surface area (Å²) in [6.07, 6.45) is 8.41. The molecule has 2 N–H and O–H groups in total. The summed E-state index contributed by atoms with van der Waals surface area (Å²) < 4.78 is 10.6. The molecule has 0 bridgehead atoms. The minimum absolute atomic E-state index is 0.142. The van der Waals surface area contributed by atoms with Crippen LogP contribution in [0.4, 0.5) is 11.6 Å². The third-order valence-electron chi connectivity index (χ3n) is 5.63. The standard InChI is InChI=1S/C20H24N6O3S/c21-17-14-11-13-5-3-1-2-4-6-15(13)22-20(14)30-18(17)19(27)23-16-12-26(24-29-16)25-7-9-28-10-8-25/h11-12H,1-10H2,(H2-,21,23,24,27). The molecule has 0 aromatic carbocycles. The SMILES string of the molecule is Nc1c(/C([O-])=N/c2c[n+](N3CCOCC3)no2)sc2nc3c(cc12)CCCCCC3. The van der Waals surface area contributed by atoms with Crippen LogP contribution in [0.1, 0.15) is 41.8 Å². The molecule has 30 heavy (non-hydrogen) atoms. The molecule has 1 aliphatic carbocycles. The van der Waals surface area contributed by atoms with Crippen LogP contribution in [0.25, 0.3) is 10.2 Å². The Labute approximate surface area is 177 Å². The zero-order valence-corrected chi connectivity index (χ0v) is 17.5. The number of anilines is 1. The Balaban J connectivity index is 1.45. The van der Waals surface area contributed by atoms with Crippen molar-refractivity contribution in [1.29, 1.82) is 0 Å². The maximum absolute atomic E-state index is 12.8. The fourth-order valence-corrected chi connectivity index (χ4v) is 4.97. The number of fused-ring (bicyclic) bond motifs is 2. The molecular formula is C20H24N6O3S. The molecule has 1 fully saturated rings. The van der Waals surface area contributed by atoms with E-state index >= 15 is 0 Å². The van der Waals surface area contributed by atoms with Gasteiger partial charge in [0.25, 0.3) is 6.20 Å². The van der Waals surface area contributed by atoms with Crippen LogP contribution in [0.2, 0.25) is 0 Å². The van der Waals surface area contributed by atoms with Crippen molar-refractivity contribution in [2.75, 3.05) is 37.0 Å². The Morgan fingerprint density at radius 3 is 2.83 bits per heavy atom. The van der Waals surface area contributed by atoms with Gasteiger partial charge in [0.1, 0.15) is 4.83 Å². The summed E-state index contributed by atoms with van der Waals surface area (Å²) in [6, 6.07) is 2.12. The first kappa shape index (κ1) is 19.3. The molecule has 0 spiro atoms. The molecule has 2 aliphatic rings. The number of aromatic nitrogens is 3. The molecule has 3 aromatic heterocycles. The largest absolute Gasteiger partial charge is 0.857 e. The minimum atomic E-state index is -0.437. The van der Waals surface area contributed by atoms with E-state index < -0.39 is 5.90 Å². The highest BCUT2D eigenvalue weighted by Crippen LogP contribution is 2.35. The number of hydrogen-bond acceptors (Lipinski definition) is 9. The number of nitrogens with two attached hydrogens (primary N) is 1. The normalized spacial score (nSPS) is 18.3. The number of hydrogen-bond donors (Lipinski definition) is 1. The number of thiophene rings is 1. The van der Waals surface area contributed by atoms with Gasteiger partial charge in [0.2, 0.25) is 5.27 Å². The lowest BCUT2D eigenvalue weighted by molar-refractivity contribution is -0.759. The van der Waals surface area contributed by atoms with E-state index in [9.17, 15) is 5.11 Å². The second-order valence-corrected chi connectivity index (χ2v) is 8.65. The van der Waals surface area contributed by atoms with E-state index in [0.29, 0.717) is 36.9 Å². The molecule has 158 valence electrons. The minimum Gasteiger partial charge on any atom is -0.857 e. The van der Waals surface area contributed by atoms with Crippen LogP contribution in [0.3, 0.4) is 0 Å². The highest BCUT2D eigenvalue weighted by atomic mass is 32.1. The summed E-state index contributed by atoms with van der Waals surface area (Å²) >= 11 is 1.30. The number of aliphatic imine (C=N–C) groups is 1. The predicted molar refractivity (Wildman–Crippen MR) is 112 cm³/mol. The fraction of sp³-hybridized carbons (Fsp3) is 0.500. The number of ether oxygens (including phenoxy) is 1. The topological polar surface area (TPSA) is 117 Å². The molecule has 4 heterocycles. The lowest BCUT2D eigenvalue weighted by atomic mass is 9.96. The first-order valence-corrected chi connectivity index (χ1v) is 11.2. The number of rotatable bonds is 3. The van der Waals surface area contributed by atoms with Crippen molar-refractivity contribution in [3.63, 3.8) is 0 Å². The molecule has 3 aromatic rings. The van der Waals surface area contributed by atoms with Crippen molar-refractivity contribution in [3.05, 3.63) is 28.4 Å². The molecule has 0 unspecified atom stereocenters.